The molecule has 1 rings (SSSR count). The van der Waals surface area contributed by atoms with Crippen molar-refractivity contribution in [2.24, 2.45) is 5.41 Å². The summed E-state index contributed by atoms with van der Waals surface area (Å²) >= 11 is 0. The van der Waals surface area contributed by atoms with Crippen LogP contribution in [0.3, 0.4) is 0 Å². The van der Waals surface area contributed by atoms with Crippen LogP contribution in [-0.2, 0) is 9.53 Å². The van der Waals surface area contributed by atoms with E-state index < -0.39 is 0 Å². The molecule has 2 N–H and O–H groups in total. The molecule has 0 bridgehead atoms. The van der Waals surface area contributed by atoms with Gasteiger partial charge in [0.1, 0.15) is 0 Å². The Kier molecular flexibility index (Phi) is 4.10. The van der Waals surface area contributed by atoms with Gasteiger partial charge in [0.25, 0.3) is 0 Å². The quantitative estimate of drug-likeness (QED) is 0.540. The van der Waals surface area contributed by atoms with Crippen LogP contribution in [0.25, 0.3) is 0 Å². The minimum Gasteiger partial charge on any atom is -0.463 e. The predicted octanol–water partition coefficient (Wildman–Crippen LogP) is 0.855. The zero-order valence-corrected chi connectivity index (χ0v) is 10.2. The van der Waals surface area contributed by atoms with E-state index in [0.717, 1.165) is 6.42 Å². The summed E-state index contributed by atoms with van der Waals surface area (Å²) in [5.74, 6) is -0.354. The topological polar surface area (TPSA) is 58.6 Å². The second kappa shape index (κ2) is 4.97. The number of hydrogen-bond acceptors (Lipinski definition) is 4. The summed E-state index contributed by atoms with van der Waals surface area (Å²) < 4.78 is 4.83. The molecule has 2 unspecified atom stereocenters. The third-order valence-electron chi connectivity index (χ3n) is 3.34. The maximum Gasteiger partial charge on any atom is 0.334 e. The summed E-state index contributed by atoms with van der Waals surface area (Å²) in [6.07, 6.45) is 0.462. The Morgan fingerprint density at radius 3 is 2.69 bits per heavy atom. The minimum absolute atomic E-state index is 0.130. The highest BCUT2D eigenvalue weighted by Crippen LogP contribution is 2.40. The Morgan fingerprint density at radius 1 is 1.62 bits per heavy atom. The Bertz CT molecular complexity index is 286. The van der Waals surface area contributed by atoms with Gasteiger partial charge in [-0.2, -0.15) is 0 Å². The summed E-state index contributed by atoms with van der Waals surface area (Å²) in [5.41, 5.74) is 0.300. The monoisotopic (exact) mass is 227 g/mol. The van der Waals surface area contributed by atoms with Crippen molar-refractivity contribution in [3.63, 3.8) is 0 Å². The predicted molar refractivity (Wildman–Crippen MR) is 62.0 cm³/mol. The Hall–Kier alpha value is -0.870. The van der Waals surface area contributed by atoms with Crippen molar-refractivity contribution in [2.75, 3.05) is 13.2 Å². The molecule has 92 valence electrons. The van der Waals surface area contributed by atoms with Crippen molar-refractivity contribution < 1.29 is 14.6 Å². The second-order valence-corrected chi connectivity index (χ2v) is 4.83. The minimum atomic E-state index is -0.354. The molecule has 1 fully saturated rings. The van der Waals surface area contributed by atoms with Gasteiger partial charge in [0.05, 0.1) is 12.7 Å². The van der Waals surface area contributed by atoms with Gasteiger partial charge in [-0.25, -0.2) is 4.79 Å². The lowest BCUT2D eigenvalue weighted by molar-refractivity contribution is -0.138. The van der Waals surface area contributed by atoms with Crippen molar-refractivity contribution in [1.29, 1.82) is 0 Å². The second-order valence-electron chi connectivity index (χ2n) is 4.83. The number of rotatable bonds is 5. The lowest BCUT2D eigenvalue weighted by Crippen LogP contribution is -2.60. The van der Waals surface area contributed by atoms with Gasteiger partial charge in [-0.3, -0.25) is 0 Å². The maximum absolute atomic E-state index is 11.3. The summed E-state index contributed by atoms with van der Waals surface area (Å²) in [6.45, 7) is 10.2. The van der Waals surface area contributed by atoms with E-state index >= 15 is 0 Å². The third-order valence-corrected chi connectivity index (χ3v) is 3.34. The van der Waals surface area contributed by atoms with E-state index in [-0.39, 0.29) is 23.5 Å². The summed E-state index contributed by atoms with van der Waals surface area (Å²) in [7, 11) is 0. The van der Waals surface area contributed by atoms with E-state index in [9.17, 15) is 9.90 Å². The van der Waals surface area contributed by atoms with Crippen molar-refractivity contribution in [1.82, 2.24) is 5.32 Å². The lowest BCUT2D eigenvalue weighted by atomic mass is 9.64. The highest BCUT2D eigenvalue weighted by molar-refractivity contribution is 5.88. The Morgan fingerprint density at radius 2 is 2.25 bits per heavy atom. The molecule has 4 nitrogen and oxygen atoms in total. The van der Waals surface area contributed by atoms with Gasteiger partial charge >= 0.3 is 5.97 Å². The highest BCUT2D eigenvalue weighted by atomic mass is 16.5. The molecule has 1 aliphatic rings. The standard InChI is InChI=1S/C12H21NO3/c1-5-16-11(15)8(2)7-13-9-6-10(14)12(9,3)4/h9-10,13-14H,2,5-7H2,1,3-4H3. The van der Waals surface area contributed by atoms with Crippen molar-refractivity contribution in [3.05, 3.63) is 12.2 Å². The molecule has 4 heteroatoms. The Labute approximate surface area is 96.7 Å². The molecule has 0 aromatic carbocycles. The van der Waals surface area contributed by atoms with Crippen LogP contribution < -0.4 is 5.32 Å². The molecule has 0 aromatic rings. The SMILES string of the molecule is C=C(CNC1CC(O)C1(C)C)C(=O)OCC. The molecule has 0 amide bonds. The molecule has 1 aliphatic carbocycles. The fraction of sp³-hybridized carbons (Fsp3) is 0.750. The lowest BCUT2D eigenvalue weighted by Gasteiger charge is -2.49. The van der Waals surface area contributed by atoms with E-state index in [2.05, 4.69) is 11.9 Å². The smallest absolute Gasteiger partial charge is 0.334 e. The summed E-state index contributed by atoms with van der Waals surface area (Å²) in [4.78, 5) is 11.3. The van der Waals surface area contributed by atoms with Crippen molar-refractivity contribution in [3.8, 4) is 0 Å². The molecule has 0 heterocycles. The highest BCUT2D eigenvalue weighted by Gasteiger charge is 2.46. The molecule has 0 aromatic heterocycles. The van der Waals surface area contributed by atoms with Gasteiger partial charge in [0.2, 0.25) is 0 Å². The molecule has 1 saturated carbocycles. The van der Waals surface area contributed by atoms with Crippen LogP contribution in [0.4, 0.5) is 0 Å². The molecule has 0 radical (unpaired) electrons. The number of hydrogen-bond donors (Lipinski definition) is 2. The van der Waals surface area contributed by atoms with Crippen LogP contribution in [-0.4, -0.2) is 36.4 Å². The maximum atomic E-state index is 11.3. The molecule has 0 spiro atoms. The van der Waals surface area contributed by atoms with Crippen LogP contribution in [0, 0.1) is 5.41 Å². The number of esters is 1. The zero-order valence-electron chi connectivity index (χ0n) is 10.2. The van der Waals surface area contributed by atoms with E-state index in [4.69, 9.17) is 4.74 Å². The first-order chi connectivity index (χ1) is 7.39. The largest absolute Gasteiger partial charge is 0.463 e. The van der Waals surface area contributed by atoms with Gasteiger partial charge in [-0.1, -0.05) is 20.4 Å². The van der Waals surface area contributed by atoms with Crippen LogP contribution in [0.1, 0.15) is 27.2 Å². The first-order valence-corrected chi connectivity index (χ1v) is 5.66. The number of carbonyl (C=O) groups excluding carboxylic acids is 1. The number of ether oxygens (including phenoxy) is 1. The summed E-state index contributed by atoms with van der Waals surface area (Å²) in [6, 6.07) is 0.230. The van der Waals surface area contributed by atoms with Crippen LogP contribution in [0.2, 0.25) is 0 Å². The number of carbonyl (C=O) groups is 1. The molecule has 2 atom stereocenters. The van der Waals surface area contributed by atoms with Crippen molar-refractivity contribution in [2.45, 2.75) is 39.3 Å². The number of aliphatic hydroxyl groups is 1. The normalized spacial score (nSPS) is 27.0. The van der Waals surface area contributed by atoms with E-state index in [1.54, 1.807) is 6.92 Å². The first kappa shape index (κ1) is 13.2. The average molecular weight is 227 g/mol. The van der Waals surface area contributed by atoms with Crippen LogP contribution >= 0.6 is 0 Å². The number of nitrogens with one attached hydrogen (secondary N) is 1. The fourth-order valence-corrected chi connectivity index (χ4v) is 1.80. The van der Waals surface area contributed by atoms with Gasteiger partial charge in [-0.05, 0) is 13.3 Å². The van der Waals surface area contributed by atoms with Gasteiger partial charge in [0, 0.05) is 23.6 Å². The Balaban J connectivity index is 2.31. The van der Waals surface area contributed by atoms with E-state index in [1.165, 1.54) is 0 Å². The van der Waals surface area contributed by atoms with Crippen molar-refractivity contribution >= 4 is 5.97 Å². The molecular weight excluding hydrogens is 206 g/mol. The van der Waals surface area contributed by atoms with Gasteiger partial charge in [-0.15, -0.1) is 0 Å². The average Bonchev–Trinajstić information content (AvgIpc) is 2.23. The van der Waals surface area contributed by atoms with E-state index in [0.29, 0.717) is 18.7 Å². The zero-order chi connectivity index (χ0) is 12.3. The van der Waals surface area contributed by atoms with Gasteiger partial charge in [0.15, 0.2) is 0 Å². The molecular formula is C12H21NO3. The van der Waals surface area contributed by atoms with Gasteiger partial charge < -0.3 is 15.2 Å². The van der Waals surface area contributed by atoms with E-state index in [1.807, 2.05) is 13.8 Å². The molecule has 16 heavy (non-hydrogen) atoms. The summed E-state index contributed by atoms with van der Waals surface area (Å²) in [5, 5.41) is 12.8. The third kappa shape index (κ3) is 2.62. The first-order valence-electron chi connectivity index (χ1n) is 5.66. The van der Waals surface area contributed by atoms with Crippen LogP contribution in [0.5, 0.6) is 0 Å². The molecule has 0 saturated heterocycles. The fourth-order valence-electron chi connectivity index (χ4n) is 1.80. The molecule has 0 aliphatic heterocycles. The number of aliphatic hydroxyl groups excluding tert-OH is 1. The van der Waals surface area contributed by atoms with Crippen LogP contribution in [0.15, 0.2) is 12.2 Å².